The molecule has 0 unspecified atom stereocenters. The molecule has 0 bridgehead atoms. The molecule has 590 valence electrons. The van der Waals surface area contributed by atoms with E-state index in [1.54, 1.807) is 134 Å². The second-order valence-corrected chi connectivity index (χ2v) is 34.8. The molecule has 0 fully saturated rings. The molecule has 0 radical (unpaired) electrons. The maximum Gasteiger partial charge on any atom is 0.337 e. The van der Waals surface area contributed by atoms with Gasteiger partial charge in [-0.2, -0.15) is 8.42 Å². The number of hydrogen-bond acceptors (Lipinski definition) is 27. The van der Waals surface area contributed by atoms with E-state index in [1.807, 2.05) is 38.4 Å². The predicted molar refractivity (Wildman–Crippen MR) is 423 cm³/mol. The Morgan fingerprint density at radius 2 is 0.634 bits per heavy atom. The quantitative estimate of drug-likeness (QED) is 0.0369. The minimum atomic E-state index is -3.75. The number of methoxy groups -OCH3 is 9. The Kier molecular flexibility index (Phi) is 28.3. The summed E-state index contributed by atoms with van der Waals surface area (Å²) in [5, 5.41) is 12.3. The van der Waals surface area contributed by atoms with Crippen molar-refractivity contribution < 1.29 is 98.8 Å². The molecule has 12 aromatic rings. The summed E-state index contributed by atoms with van der Waals surface area (Å²) >= 11 is 0. The Bertz CT molecular complexity index is 6030. The number of fused-ring (bicyclic) bond motifs is 4. The molecule has 12 rings (SSSR count). The average Bonchev–Trinajstić information content (AvgIpc) is 0.801. The van der Waals surface area contributed by atoms with E-state index >= 15 is 0 Å². The van der Waals surface area contributed by atoms with E-state index in [0.29, 0.717) is 83.9 Å². The molecule has 0 aliphatic rings. The van der Waals surface area contributed by atoms with Crippen LogP contribution < -0.4 is 37.9 Å². The number of nitrogens with zero attached hydrogens (tertiary/aromatic N) is 5. The maximum absolute atomic E-state index is 13.0. The summed E-state index contributed by atoms with van der Waals surface area (Å²) in [6, 6.07) is 47.1. The smallest absolute Gasteiger partial charge is 0.337 e. The minimum absolute atomic E-state index is 0.0275. The van der Waals surface area contributed by atoms with Crippen molar-refractivity contribution in [2.75, 3.05) is 84.3 Å². The van der Waals surface area contributed by atoms with Crippen LogP contribution >= 0.6 is 0 Å². The first-order valence-electron chi connectivity index (χ1n) is 33.8. The summed E-state index contributed by atoms with van der Waals surface area (Å²) in [5.41, 5.74) is 7.90. The molecule has 0 aliphatic heterocycles. The number of rotatable bonds is 27. The molecule has 0 saturated heterocycles. The molecule has 0 amide bonds. The molecular weight excluding hydrogens is 1540 g/mol. The zero-order chi connectivity index (χ0) is 81.3. The van der Waals surface area contributed by atoms with Crippen molar-refractivity contribution in [2.24, 2.45) is 0 Å². The van der Waals surface area contributed by atoms with Crippen molar-refractivity contribution in [3.63, 3.8) is 0 Å². The lowest BCUT2D eigenvalue weighted by Crippen LogP contribution is -2.10. The zero-order valence-electron chi connectivity index (χ0n) is 63.2. The van der Waals surface area contributed by atoms with Gasteiger partial charge in [0.25, 0.3) is 10.1 Å². The van der Waals surface area contributed by atoms with Gasteiger partial charge < -0.3 is 52.6 Å². The average molecular weight is 1630 g/mol. The molecule has 8 aromatic carbocycles. The molecule has 0 atom stereocenters. The van der Waals surface area contributed by atoms with Gasteiger partial charge in [-0.05, 0) is 180 Å². The third-order valence-corrected chi connectivity index (χ3v) is 24.3. The summed E-state index contributed by atoms with van der Waals surface area (Å²) in [6.45, 7) is 0.608. The van der Waals surface area contributed by atoms with Crippen LogP contribution in [0.25, 0.3) is 43.6 Å². The number of aromatic nitrogens is 4. The van der Waals surface area contributed by atoms with Gasteiger partial charge in [-0.3, -0.25) is 24.1 Å². The highest BCUT2D eigenvalue weighted by Gasteiger charge is 2.27. The van der Waals surface area contributed by atoms with E-state index in [2.05, 4.69) is 24.8 Å². The molecule has 27 nitrogen and oxygen atoms in total. The van der Waals surface area contributed by atoms with E-state index < -0.39 is 55.4 Å². The molecule has 1 N–H and O–H groups in total. The van der Waals surface area contributed by atoms with Crippen LogP contribution in [0.2, 0.25) is 0 Å². The highest BCUT2D eigenvalue weighted by molar-refractivity contribution is 7.91. The molecule has 112 heavy (non-hydrogen) atoms. The van der Waals surface area contributed by atoms with Crippen molar-refractivity contribution in [3.8, 4) is 46.0 Å². The van der Waals surface area contributed by atoms with E-state index in [-0.39, 0.29) is 73.1 Å². The number of ether oxygens (including phenoxy) is 9. The standard InChI is InChI=1S/C21H24N2O4S.C20H21NO7S2.C20H19NO6S.C19H19NO5S/c1-23(2)13-15-5-7-19-17(9-15)10-16(12-22-19)14-28(24,25)21-11-18(26-3)6-8-20(21)27-4;1-26-17-5-7-19(27-2)20(10-17)30(24,25)13-15-9-16-8-14(12-28-29(3,22)23)4-6-18(16)21-11-15;1-25-16-5-7-18(26-2)19(10-16)28(23,24)12-13-8-15-9-14(20(22)27-3)4-6-17(15)21-11-13;1-24-16-4-6-18(25-2)19(9-16)26(22,23)12-14-8-15-7-13(11-21)3-5-17(15)20-10-14/h5-12H,13-14H2,1-4H3;4-11H,12-13H2,1-3H3;4-11H,12H2,1-3H3;3-10,21H,11-12H2,1-2H3. The third-order valence-electron chi connectivity index (χ3n) is 16.9. The van der Waals surface area contributed by atoms with Crippen LogP contribution in [0.3, 0.4) is 0 Å². The first-order chi connectivity index (χ1) is 53.3. The lowest BCUT2D eigenvalue weighted by atomic mass is 10.1. The van der Waals surface area contributed by atoms with Gasteiger partial charge in [0.1, 0.15) is 65.6 Å². The van der Waals surface area contributed by atoms with Gasteiger partial charge in [-0.15, -0.1) is 0 Å². The van der Waals surface area contributed by atoms with Crippen LogP contribution in [-0.4, -0.2) is 162 Å². The molecule has 0 saturated carbocycles. The van der Waals surface area contributed by atoms with Crippen molar-refractivity contribution in [2.45, 2.75) is 62.4 Å². The van der Waals surface area contributed by atoms with E-state index in [9.17, 15) is 52.0 Å². The van der Waals surface area contributed by atoms with Gasteiger partial charge in [0, 0.05) is 77.1 Å². The van der Waals surface area contributed by atoms with Crippen LogP contribution in [0.15, 0.2) is 214 Å². The van der Waals surface area contributed by atoms with Gasteiger partial charge in [0.15, 0.2) is 39.3 Å². The molecule has 4 heterocycles. The Morgan fingerprint density at radius 3 is 0.929 bits per heavy atom. The van der Waals surface area contributed by atoms with Crippen LogP contribution in [0.4, 0.5) is 0 Å². The number of pyridine rings is 4. The van der Waals surface area contributed by atoms with E-state index in [0.717, 1.165) is 45.7 Å². The van der Waals surface area contributed by atoms with Gasteiger partial charge >= 0.3 is 5.97 Å². The number of esters is 1. The third kappa shape index (κ3) is 22.1. The fourth-order valence-electron chi connectivity index (χ4n) is 11.5. The van der Waals surface area contributed by atoms with Gasteiger partial charge in [0.05, 0.1) is 134 Å². The van der Waals surface area contributed by atoms with Crippen LogP contribution in [0, 0.1) is 0 Å². The predicted octanol–water partition coefficient (Wildman–Crippen LogP) is 11.7. The lowest BCUT2D eigenvalue weighted by molar-refractivity contribution is 0.0600. The topological polar surface area (TPSA) is 355 Å². The first kappa shape index (κ1) is 84.9. The molecular formula is C80H83N5O22S5. The highest BCUT2D eigenvalue weighted by atomic mass is 32.2. The van der Waals surface area contributed by atoms with Crippen molar-refractivity contribution in [1.29, 1.82) is 0 Å². The number of carbonyl (C=O) groups excluding carboxylic acids is 1. The molecule has 32 heteroatoms. The zero-order valence-corrected chi connectivity index (χ0v) is 67.3. The SMILES string of the molecule is COC(=O)c1ccc2ncc(CS(=O)(=O)c3cc(OC)ccc3OC)cc2c1.COc1ccc(OC)c(S(=O)(=O)Cc2cnc3ccc(CN(C)C)cc3c2)c1.COc1ccc(OC)c(S(=O)(=O)Cc2cnc3ccc(CO)cc3c2)c1.COc1ccc(OC)c(S(=O)(=O)Cc2cnc3ccc(COS(C)(=O)=O)cc3c2)c1. The Morgan fingerprint density at radius 1 is 0.348 bits per heavy atom. The number of aliphatic hydroxyl groups excluding tert-OH is 1. The van der Waals surface area contributed by atoms with Crippen molar-refractivity contribution in [1.82, 2.24) is 24.8 Å². The van der Waals surface area contributed by atoms with Crippen LogP contribution in [0.5, 0.6) is 46.0 Å². The van der Waals surface area contributed by atoms with Crippen molar-refractivity contribution >= 4 is 99.0 Å². The fraction of sp³-hybridized carbons (Fsp3) is 0.237. The highest BCUT2D eigenvalue weighted by Crippen LogP contribution is 2.36. The molecule has 4 aromatic heterocycles. The van der Waals surface area contributed by atoms with Crippen molar-refractivity contribution in [3.05, 3.63) is 239 Å². The van der Waals surface area contributed by atoms with E-state index in [4.69, 9.17) is 46.8 Å². The van der Waals surface area contributed by atoms with Crippen LogP contribution in [0.1, 0.15) is 49.3 Å². The number of hydrogen-bond donors (Lipinski definition) is 1. The second kappa shape index (κ2) is 37.3. The second-order valence-electron chi connectivity index (χ2n) is 25.3. The normalized spacial score (nSPS) is 11.7. The summed E-state index contributed by atoms with van der Waals surface area (Å²) in [6.07, 6.45) is 7.14. The Balaban J connectivity index is 0.000000172. The number of aliphatic hydroxyl groups is 1. The van der Waals surface area contributed by atoms with Gasteiger partial charge in [-0.1, -0.05) is 18.2 Å². The van der Waals surface area contributed by atoms with E-state index in [1.165, 1.54) is 101 Å². The number of benzene rings is 8. The Labute approximate surface area is 650 Å². The minimum Gasteiger partial charge on any atom is -0.497 e. The van der Waals surface area contributed by atoms with Crippen LogP contribution in [-0.2, 0) is 101 Å². The summed E-state index contributed by atoms with van der Waals surface area (Å²) in [4.78, 5) is 31.4. The fourth-order valence-corrected chi connectivity index (χ4v) is 17.9. The number of carbonyl (C=O) groups is 1. The maximum atomic E-state index is 13.0. The molecule has 0 spiro atoms. The Hall–Kier alpha value is -11.1. The molecule has 0 aliphatic carbocycles. The van der Waals surface area contributed by atoms with Gasteiger partial charge in [-0.25, -0.2) is 38.5 Å². The number of sulfone groups is 4. The first-order valence-corrected chi connectivity index (χ1v) is 42.2. The monoisotopic (exact) mass is 1630 g/mol. The largest absolute Gasteiger partial charge is 0.497 e. The lowest BCUT2D eigenvalue weighted by Gasteiger charge is -2.12. The summed E-state index contributed by atoms with van der Waals surface area (Å²) in [7, 11) is -1.46. The van der Waals surface area contributed by atoms with Gasteiger partial charge in [0.2, 0.25) is 0 Å². The summed E-state index contributed by atoms with van der Waals surface area (Å²) < 4.78 is 177. The summed E-state index contributed by atoms with van der Waals surface area (Å²) in [5.74, 6) is 1.32.